The van der Waals surface area contributed by atoms with Crippen molar-refractivity contribution in [1.82, 2.24) is 21.3 Å². The summed E-state index contributed by atoms with van der Waals surface area (Å²) >= 11 is 0. The molecule has 10 N–H and O–H groups in total. The van der Waals surface area contributed by atoms with Gasteiger partial charge in [-0.3, -0.25) is 0 Å². The van der Waals surface area contributed by atoms with Gasteiger partial charge in [0.1, 0.15) is 20.2 Å². The SMILES string of the molecule is CNCCNC.CNCCNC.O=S(=O)([O-])c1ccc2cc(S(=O)(=O)[O-])ccc2c1.[Ni+2].[OH3+].[OH3+]. The van der Waals surface area contributed by atoms with Crippen LogP contribution in [-0.4, -0.2) is 80.3 Å². The number of nitrogens with one attached hydrogen (secondary N) is 4. The van der Waals surface area contributed by atoms with Crippen LogP contribution in [0.25, 0.3) is 10.8 Å². The fourth-order valence-corrected chi connectivity index (χ4v) is 3.02. The van der Waals surface area contributed by atoms with Crippen molar-refractivity contribution in [3.63, 3.8) is 0 Å². The number of hydrogen-bond acceptors (Lipinski definition) is 10. The normalized spacial score (nSPS) is 10.2. The summed E-state index contributed by atoms with van der Waals surface area (Å²) in [6, 6.07) is 6.92. The summed E-state index contributed by atoms with van der Waals surface area (Å²) in [5, 5.41) is 12.7. The molecule has 0 atom stereocenters. The zero-order valence-corrected chi connectivity index (χ0v) is 21.7. The standard InChI is InChI=1S/C10H8O6S2.2C4H12N2.Ni.2H2O/c11-17(12,13)9-3-1-7-5-10(18(14,15)16)4-2-8(7)6-9;2*1-5-3-4-6-2;;;/h1-6H,(H,11,12,13)(H,14,15,16);2*5-6H,3-4H2,1-2H3;;2*1H2/q;;;+2;;. The number of hydrogen-bond donors (Lipinski definition) is 4. The fourth-order valence-electron chi connectivity index (χ4n) is 2.01. The summed E-state index contributed by atoms with van der Waals surface area (Å²) in [5.41, 5.74) is 0. The molecule has 196 valence electrons. The van der Waals surface area contributed by atoms with Gasteiger partial charge in [-0.2, -0.15) is 0 Å². The second kappa shape index (κ2) is 20.2. The van der Waals surface area contributed by atoms with Gasteiger partial charge in [0.05, 0.1) is 9.79 Å². The molecule has 0 unspecified atom stereocenters. The number of fused-ring (bicyclic) bond motifs is 1. The molecule has 12 nitrogen and oxygen atoms in total. The molecule has 0 aliphatic carbocycles. The predicted molar refractivity (Wildman–Crippen MR) is 125 cm³/mol. The summed E-state index contributed by atoms with van der Waals surface area (Å²) in [4.78, 5) is -0.819. The molecule has 2 aromatic rings. The van der Waals surface area contributed by atoms with Crippen LogP contribution < -0.4 is 21.3 Å². The van der Waals surface area contributed by atoms with Crippen LogP contribution in [-0.2, 0) is 47.7 Å². The second-order valence-electron chi connectivity index (χ2n) is 5.99. The Morgan fingerprint density at radius 2 is 0.848 bits per heavy atom. The van der Waals surface area contributed by atoms with Gasteiger partial charge >= 0.3 is 16.5 Å². The molecule has 0 spiro atoms. The van der Waals surface area contributed by atoms with Crippen molar-refractivity contribution in [2.45, 2.75) is 9.79 Å². The van der Waals surface area contributed by atoms with Gasteiger partial charge in [0.25, 0.3) is 0 Å². The summed E-state index contributed by atoms with van der Waals surface area (Å²) in [6.07, 6.45) is 0. The van der Waals surface area contributed by atoms with E-state index in [1.165, 1.54) is 12.1 Å². The van der Waals surface area contributed by atoms with Crippen molar-refractivity contribution in [3.8, 4) is 0 Å². The van der Waals surface area contributed by atoms with E-state index in [4.69, 9.17) is 0 Å². The topological polar surface area (TPSA) is 229 Å². The molecule has 2 aromatic carbocycles. The van der Waals surface area contributed by atoms with Crippen LogP contribution in [0.4, 0.5) is 0 Å². The van der Waals surface area contributed by atoms with E-state index in [1.54, 1.807) is 0 Å². The van der Waals surface area contributed by atoms with Gasteiger partial charge < -0.3 is 41.3 Å². The van der Waals surface area contributed by atoms with Gasteiger partial charge in [0.2, 0.25) is 0 Å². The number of benzene rings is 2. The first-order valence-corrected chi connectivity index (χ1v) is 11.9. The molecule has 15 heteroatoms. The Kier molecular flexibility index (Phi) is 23.8. The Labute approximate surface area is 206 Å². The number of likely N-dealkylation sites (N-methyl/N-ethyl adjacent to an activating group) is 4. The minimum absolute atomic E-state index is 0. The van der Waals surface area contributed by atoms with Gasteiger partial charge in [-0.05, 0) is 63.2 Å². The smallest absolute Gasteiger partial charge is 0.744 e. The third-order valence-electron chi connectivity index (χ3n) is 3.61. The van der Waals surface area contributed by atoms with Crippen molar-refractivity contribution >= 4 is 31.0 Å². The Balaban J connectivity index is -0.000000237. The van der Waals surface area contributed by atoms with Crippen molar-refractivity contribution in [2.75, 3.05) is 54.4 Å². The Bertz CT molecular complexity index is 889. The van der Waals surface area contributed by atoms with Crippen molar-refractivity contribution in [1.29, 1.82) is 0 Å². The average Bonchev–Trinajstić information content (AvgIpc) is 2.69. The Hall–Kier alpha value is -1.23. The number of rotatable bonds is 8. The average molecular weight is 559 g/mol. The van der Waals surface area contributed by atoms with E-state index in [0.717, 1.165) is 50.4 Å². The molecule has 0 heterocycles. The molecule has 0 fully saturated rings. The Morgan fingerprint density at radius 3 is 1.03 bits per heavy atom. The molecule has 2 rings (SSSR count). The van der Waals surface area contributed by atoms with E-state index in [-0.39, 0.29) is 27.4 Å². The van der Waals surface area contributed by atoms with E-state index in [2.05, 4.69) is 21.3 Å². The van der Waals surface area contributed by atoms with E-state index in [1.807, 2.05) is 28.2 Å². The third kappa shape index (κ3) is 16.9. The minimum Gasteiger partial charge on any atom is -0.744 e. The maximum atomic E-state index is 10.8. The molecule has 0 saturated carbocycles. The van der Waals surface area contributed by atoms with E-state index in [9.17, 15) is 25.9 Å². The van der Waals surface area contributed by atoms with Crippen LogP contribution in [0, 0.1) is 0 Å². The van der Waals surface area contributed by atoms with Crippen LogP contribution in [0.2, 0.25) is 0 Å². The van der Waals surface area contributed by atoms with Gasteiger partial charge in [0.15, 0.2) is 0 Å². The van der Waals surface area contributed by atoms with Crippen LogP contribution in [0.3, 0.4) is 0 Å². The van der Waals surface area contributed by atoms with Crippen molar-refractivity contribution < 1.29 is 53.4 Å². The first-order chi connectivity index (χ1) is 14.0. The fraction of sp³-hybridized carbons (Fsp3) is 0.444. The maximum absolute atomic E-state index is 10.8. The van der Waals surface area contributed by atoms with Crippen molar-refractivity contribution in [2.24, 2.45) is 0 Å². The molecular formula is C18H36N4NiO8S2+2. The maximum Gasteiger partial charge on any atom is 2.00 e. The minimum atomic E-state index is -4.56. The summed E-state index contributed by atoms with van der Waals surface area (Å²) in [6.45, 7) is 4.21. The molecule has 0 aliphatic heterocycles. The third-order valence-corrected chi connectivity index (χ3v) is 5.27. The molecule has 0 aliphatic rings. The largest absolute Gasteiger partial charge is 2.00 e. The summed E-state index contributed by atoms with van der Waals surface area (Å²) < 4.78 is 64.8. The van der Waals surface area contributed by atoms with Gasteiger partial charge in [-0.1, -0.05) is 12.1 Å². The molecule has 33 heavy (non-hydrogen) atoms. The van der Waals surface area contributed by atoms with Gasteiger partial charge in [0, 0.05) is 26.2 Å². The van der Waals surface area contributed by atoms with Crippen LogP contribution in [0.1, 0.15) is 0 Å². The first-order valence-electron chi connectivity index (χ1n) is 9.05. The molecule has 0 aromatic heterocycles. The van der Waals surface area contributed by atoms with Crippen LogP contribution in [0.5, 0.6) is 0 Å². The second-order valence-corrected chi connectivity index (χ2v) is 8.75. The molecule has 0 amide bonds. The predicted octanol–water partition coefficient (Wildman–Crippen LogP) is -2.35. The zero-order valence-electron chi connectivity index (χ0n) is 19.0. The van der Waals surface area contributed by atoms with E-state index < -0.39 is 30.0 Å². The molecule has 0 radical (unpaired) electrons. The van der Waals surface area contributed by atoms with E-state index in [0.29, 0.717) is 10.8 Å². The van der Waals surface area contributed by atoms with Gasteiger partial charge in [-0.25, -0.2) is 16.8 Å². The monoisotopic (exact) mass is 558 g/mol. The summed E-state index contributed by atoms with van der Waals surface area (Å²) in [7, 11) is -1.36. The molecule has 0 bridgehead atoms. The zero-order chi connectivity index (χ0) is 23.2. The van der Waals surface area contributed by atoms with Crippen LogP contribution >= 0.6 is 0 Å². The summed E-state index contributed by atoms with van der Waals surface area (Å²) in [5.74, 6) is 0. The van der Waals surface area contributed by atoms with Crippen LogP contribution in [0.15, 0.2) is 46.2 Å². The Morgan fingerprint density at radius 1 is 0.606 bits per heavy atom. The van der Waals surface area contributed by atoms with Gasteiger partial charge in [-0.15, -0.1) is 0 Å². The van der Waals surface area contributed by atoms with Crippen molar-refractivity contribution in [3.05, 3.63) is 36.4 Å². The molecular weight excluding hydrogens is 523 g/mol. The first kappa shape index (κ1) is 39.0. The van der Waals surface area contributed by atoms with E-state index >= 15 is 0 Å². The molecule has 0 saturated heterocycles. The quantitative estimate of drug-likeness (QED) is 0.116.